The Labute approximate surface area is 143 Å². The third-order valence-corrected chi connectivity index (χ3v) is 4.92. The first-order valence-corrected chi connectivity index (χ1v) is 8.52. The Hall–Kier alpha value is -2.13. The molecule has 2 nitrogen and oxygen atoms in total. The van der Waals surface area contributed by atoms with Crippen LogP contribution in [0, 0.1) is 6.92 Å². The summed E-state index contributed by atoms with van der Waals surface area (Å²) in [6.07, 6.45) is 0.878. The number of aryl methyl sites for hydroxylation is 1. The normalized spacial score (nSPS) is 14.2. The van der Waals surface area contributed by atoms with E-state index in [9.17, 15) is 4.79 Å². The van der Waals surface area contributed by atoms with Gasteiger partial charge in [0.15, 0.2) is 0 Å². The minimum atomic E-state index is 0.0921. The minimum absolute atomic E-state index is 0.0921. The molecule has 1 heterocycles. The number of benzene rings is 3. The minimum Gasteiger partial charge on any atom is -0.307 e. The van der Waals surface area contributed by atoms with Crippen LogP contribution in [0.1, 0.15) is 21.5 Å². The molecule has 1 aliphatic rings. The Balaban J connectivity index is 1.86. The van der Waals surface area contributed by atoms with Crippen molar-refractivity contribution in [3.05, 3.63) is 75.8 Å². The van der Waals surface area contributed by atoms with Crippen molar-refractivity contribution < 1.29 is 4.79 Å². The summed E-state index contributed by atoms with van der Waals surface area (Å²) in [5.41, 5.74) is 4.12. The Morgan fingerprint density at radius 3 is 2.74 bits per heavy atom. The lowest BCUT2D eigenvalue weighted by Gasteiger charge is -2.30. The molecular weight excluding hydrogens is 350 g/mol. The van der Waals surface area contributed by atoms with Gasteiger partial charge in [-0.05, 0) is 54.1 Å². The van der Waals surface area contributed by atoms with Gasteiger partial charge in [0, 0.05) is 22.0 Å². The van der Waals surface area contributed by atoms with Crippen molar-refractivity contribution in [2.24, 2.45) is 0 Å². The first-order valence-electron chi connectivity index (χ1n) is 7.73. The quantitative estimate of drug-likeness (QED) is 0.586. The predicted octanol–water partition coefficient (Wildman–Crippen LogP) is 5.11. The highest BCUT2D eigenvalue weighted by atomic mass is 79.9. The number of carbonyl (C=O) groups is 1. The van der Waals surface area contributed by atoms with Gasteiger partial charge in [0.25, 0.3) is 5.91 Å². The fourth-order valence-corrected chi connectivity index (χ4v) is 3.76. The van der Waals surface area contributed by atoms with Gasteiger partial charge in [-0.1, -0.05) is 46.3 Å². The van der Waals surface area contributed by atoms with Crippen molar-refractivity contribution in [1.29, 1.82) is 0 Å². The number of fused-ring (bicyclic) bond motifs is 2. The van der Waals surface area contributed by atoms with E-state index in [1.54, 1.807) is 0 Å². The standard InChI is InChI=1S/C20H16BrNO/c1-13-10-14-4-2-3-5-17(14)19(11-13)22-9-8-15-12-16(21)6-7-18(15)20(22)23/h2-7,10-12H,8-9H2,1H3. The van der Waals surface area contributed by atoms with Crippen LogP contribution in [0.3, 0.4) is 0 Å². The van der Waals surface area contributed by atoms with Crippen LogP contribution in [0.25, 0.3) is 10.8 Å². The molecule has 3 heteroatoms. The summed E-state index contributed by atoms with van der Waals surface area (Å²) in [7, 11) is 0. The molecule has 4 rings (SSSR count). The monoisotopic (exact) mass is 365 g/mol. The summed E-state index contributed by atoms with van der Waals surface area (Å²) in [5, 5.41) is 2.31. The maximum Gasteiger partial charge on any atom is 0.258 e. The smallest absolute Gasteiger partial charge is 0.258 e. The summed E-state index contributed by atoms with van der Waals surface area (Å²) in [4.78, 5) is 14.9. The first-order chi connectivity index (χ1) is 11.1. The van der Waals surface area contributed by atoms with Crippen LogP contribution in [-0.2, 0) is 6.42 Å². The van der Waals surface area contributed by atoms with Crippen molar-refractivity contribution in [1.82, 2.24) is 0 Å². The second-order valence-electron chi connectivity index (χ2n) is 6.01. The fourth-order valence-electron chi connectivity index (χ4n) is 3.35. The Bertz CT molecular complexity index is 932. The maximum atomic E-state index is 13.0. The van der Waals surface area contributed by atoms with Crippen LogP contribution in [0.4, 0.5) is 5.69 Å². The molecule has 0 atom stereocenters. The van der Waals surface area contributed by atoms with Crippen molar-refractivity contribution in [3.63, 3.8) is 0 Å². The SMILES string of the molecule is Cc1cc(N2CCc3cc(Br)ccc3C2=O)c2ccccc2c1. The van der Waals surface area contributed by atoms with Gasteiger partial charge < -0.3 is 4.90 Å². The maximum absolute atomic E-state index is 13.0. The summed E-state index contributed by atoms with van der Waals surface area (Å²) in [5.74, 6) is 0.0921. The van der Waals surface area contributed by atoms with Crippen molar-refractivity contribution >= 4 is 38.3 Å². The largest absolute Gasteiger partial charge is 0.307 e. The molecule has 23 heavy (non-hydrogen) atoms. The predicted molar refractivity (Wildman–Crippen MR) is 98.2 cm³/mol. The van der Waals surface area contributed by atoms with Gasteiger partial charge in [0.1, 0.15) is 0 Å². The van der Waals surface area contributed by atoms with E-state index in [4.69, 9.17) is 0 Å². The van der Waals surface area contributed by atoms with Crippen molar-refractivity contribution in [2.75, 3.05) is 11.4 Å². The van der Waals surface area contributed by atoms with Crippen LogP contribution < -0.4 is 4.90 Å². The fraction of sp³-hybridized carbons (Fsp3) is 0.150. The van der Waals surface area contributed by atoms with E-state index in [0.29, 0.717) is 0 Å². The molecule has 3 aromatic carbocycles. The van der Waals surface area contributed by atoms with E-state index >= 15 is 0 Å². The van der Waals surface area contributed by atoms with Crippen molar-refractivity contribution in [3.8, 4) is 0 Å². The second-order valence-corrected chi connectivity index (χ2v) is 6.93. The highest BCUT2D eigenvalue weighted by molar-refractivity contribution is 9.10. The van der Waals surface area contributed by atoms with Crippen LogP contribution in [0.5, 0.6) is 0 Å². The number of hydrogen-bond acceptors (Lipinski definition) is 1. The molecule has 0 radical (unpaired) electrons. The van der Waals surface area contributed by atoms with Crippen molar-refractivity contribution in [2.45, 2.75) is 13.3 Å². The molecule has 0 fully saturated rings. The molecule has 3 aromatic rings. The summed E-state index contributed by atoms with van der Waals surface area (Å²) < 4.78 is 1.03. The van der Waals surface area contributed by atoms with E-state index in [1.165, 1.54) is 10.9 Å². The molecule has 1 aliphatic heterocycles. The molecule has 0 bridgehead atoms. The van der Waals surface area contributed by atoms with E-state index < -0.39 is 0 Å². The lowest BCUT2D eigenvalue weighted by Crippen LogP contribution is -2.37. The number of nitrogens with zero attached hydrogens (tertiary/aromatic N) is 1. The lowest BCUT2D eigenvalue weighted by molar-refractivity contribution is 0.0981. The van der Waals surface area contributed by atoms with Gasteiger partial charge in [-0.2, -0.15) is 0 Å². The molecule has 0 spiro atoms. The molecule has 0 saturated heterocycles. The van der Waals surface area contributed by atoms with Gasteiger partial charge in [0.2, 0.25) is 0 Å². The highest BCUT2D eigenvalue weighted by Gasteiger charge is 2.26. The molecule has 114 valence electrons. The molecule has 0 saturated carbocycles. The number of hydrogen-bond donors (Lipinski definition) is 0. The van der Waals surface area contributed by atoms with E-state index in [1.807, 2.05) is 29.2 Å². The Morgan fingerprint density at radius 2 is 1.87 bits per heavy atom. The number of anilines is 1. The molecule has 1 amide bonds. The lowest BCUT2D eigenvalue weighted by atomic mass is 9.97. The topological polar surface area (TPSA) is 20.3 Å². The third-order valence-electron chi connectivity index (χ3n) is 4.42. The summed E-state index contributed by atoms with van der Waals surface area (Å²) >= 11 is 3.49. The summed E-state index contributed by atoms with van der Waals surface area (Å²) in [6, 6.07) is 18.5. The van der Waals surface area contributed by atoms with Gasteiger partial charge in [-0.15, -0.1) is 0 Å². The average molecular weight is 366 g/mol. The van der Waals surface area contributed by atoms with E-state index in [-0.39, 0.29) is 5.91 Å². The van der Waals surface area contributed by atoms with Crippen LogP contribution >= 0.6 is 15.9 Å². The zero-order valence-electron chi connectivity index (χ0n) is 12.8. The highest BCUT2D eigenvalue weighted by Crippen LogP contribution is 2.32. The van der Waals surface area contributed by atoms with Gasteiger partial charge in [0.05, 0.1) is 5.69 Å². The number of halogens is 1. The van der Waals surface area contributed by atoms with Gasteiger partial charge >= 0.3 is 0 Å². The summed E-state index contributed by atoms with van der Waals surface area (Å²) in [6.45, 7) is 2.80. The molecule has 0 unspecified atom stereocenters. The second kappa shape index (κ2) is 5.50. The van der Waals surface area contributed by atoms with Gasteiger partial charge in [-0.25, -0.2) is 0 Å². The van der Waals surface area contributed by atoms with Crippen LogP contribution in [0.2, 0.25) is 0 Å². The number of carbonyl (C=O) groups excluding carboxylic acids is 1. The molecular formula is C20H16BrNO. The van der Waals surface area contributed by atoms with Crippen LogP contribution in [0.15, 0.2) is 59.1 Å². The first kappa shape index (κ1) is 14.5. The number of rotatable bonds is 1. The Morgan fingerprint density at radius 1 is 1.04 bits per heavy atom. The molecule has 0 aliphatic carbocycles. The van der Waals surface area contributed by atoms with Crippen LogP contribution in [-0.4, -0.2) is 12.5 Å². The average Bonchev–Trinajstić information content (AvgIpc) is 2.54. The van der Waals surface area contributed by atoms with E-state index in [2.05, 4.69) is 53.2 Å². The zero-order chi connectivity index (χ0) is 16.0. The zero-order valence-corrected chi connectivity index (χ0v) is 14.4. The molecule has 0 aromatic heterocycles. The number of amides is 1. The molecule has 0 N–H and O–H groups in total. The Kier molecular flexibility index (Phi) is 3.46. The van der Waals surface area contributed by atoms with Gasteiger partial charge in [-0.3, -0.25) is 4.79 Å². The van der Waals surface area contributed by atoms with E-state index in [0.717, 1.165) is 39.6 Å². The third kappa shape index (κ3) is 2.45.